The largest absolute Gasteiger partial charge is 0.391 e. The van der Waals surface area contributed by atoms with Gasteiger partial charge in [0.05, 0.1) is 36.2 Å². The molecule has 3 aromatic heterocycles. The van der Waals surface area contributed by atoms with E-state index < -0.39 is 12.1 Å². The maximum absolute atomic E-state index is 13.1. The quantitative estimate of drug-likeness (QED) is 0.577. The first-order valence-electron chi connectivity index (χ1n) is 11.1. The molecule has 0 aromatic carbocycles. The number of fused-ring (bicyclic) bond motifs is 1. The van der Waals surface area contributed by atoms with Crippen LogP contribution in [-0.2, 0) is 4.74 Å². The average Bonchev–Trinajstić information content (AvgIpc) is 2.73. The predicted molar refractivity (Wildman–Crippen MR) is 116 cm³/mol. The summed E-state index contributed by atoms with van der Waals surface area (Å²) in [4.78, 5) is 24.9. The van der Waals surface area contributed by atoms with Gasteiger partial charge in [0.1, 0.15) is 11.6 Å². The number of rotatable bonds is 3. The van der Waals surface area contributed by atoms with Crippen LogP contribution in [0, 0.1) is 26.7 Å². The van der Waals surface area contributed by atoms with Crippen LogP contribution in [0.5, 0.6) is 0 Å². The lowest BCUT2D eigenvalue weighted by Gasteiger charge is -2.37. The van der Waals surface area contributed by atoms with Crippen molar-refractivity contribution in [2.45, 2.75) is 51.8 Å². The number of halogens is 3. The van der Waals surface area contributed by atoms with Crippen molar-refractivity contribution in [1.82, 2.24) is 24.9 Å². The molecule has 0 amide bonds. The Morgan fingerprint density at radius 1 is 1.03 bits per heavy atom. The highest BCUT2D eigenvalue weighted by Gasteiger charge is 2.49. The van der Waals surface area contributed by atoms with Crippen LogP contribution in [0.2, 0.25) is 0 Å². The molecule has 7 nitrogen and oxygen atoms in total. The minimum absolute atomic E-state index is 0.0195. The number of anilines is 1. The van der Waals surface area contributed by atoms with E-state index in [1.807, 2.05) is 37.8 Å². The number of ether oxygens (including phenoxy) is 1. The number of morpholine rings is 1. The van der Waals surface area contributed by atoms with Gasteiger partial charge >= 0.3 is 6.18 Å². The van der Waals surface area contributed by atoms with E-state index in [2.05, 4.69) is 19.9 Å². The van der Waals surface area contributed by atoms with E-state index in [-0.39, 0.29) is 24.9 Å². The number of nitrogens with zero attached hydrogens (tertiary/aromatic N) is 6. The van der Waals surface area contributed by atoms with Gasteiger partial charge in [-0.2, -0.15) is 18.2 Å². The van der Waals surface area contributed by atoms with Crippen LogP contribution in [0.25, 0.3) is 11.2 Å². The van der Waals surface area contributed by atoms with Gasteiger partial charge < -0.3 is 9.64 Å². The smallest absolute Gasteiger partial charge is 0.370 e. The van der Waals surface area contributed by atoms with Gasteiger partial charge in [0, 0.05) is 24.4 Å². The van der Waals surface area contributed by atoms with Crippen LogP contribution >= 0.6 is 0 Å². The Bertz CT molecular complexity index is 1190. The second-order valence-electron chi connectivity index (χ2n) is 8.92. The molecule has 0 unspecified atom stereocenters. The summed E-state index contributed by atoms with van der Waals surface area (Å²) in [6.45, 7) is 7.21. The van der Waals surface area contributed by atoms with Crippen LogP contribution in [-0.4, -0.2) is 50.8 Å². The van der Waals surface area contributed by atoms with Crippen molar-refractivity contribution in [3.05, 3.63) is 46.7 Å². The van der Waals surface area contributed by atoms with Crippen molar-refractivity contribution in [3.8, 4) is 0 Å². The highest BCUT2D eigenvalue weighted by molar-refractivity contribution is 5.75. The van der Waals surface area contributed by atoms with Crippen LogP contribution in [0.4, 0.5) is 19.1 Å². The molecule has 1 atom stereocenters. The Labute approximate surface area is 189 Å². The van der Waals surface area contributed by atoms with E-state index in [0.29, 0.717) is 42.5 Å². The molecular formula is C23H25F3N6O. The third kappa shape index (κ3) is 4.23. The van der Waals surface area contributed by atoms with E-state index in [4.69, 9.17) is 9.72 Å². The molecule has 1 saturated carbocycles. The summed E-state index contributed by atoms with van der Waals surface area (Å²) in [5.74, 6) is -1.14. The molecule has 10 heteroatoms. The lowest BCUT2D eigenvalue weighted by Crippen LogP contribution is -2.40. The first-order valence-corrected chi connectivity index (χ1v) is 11.1. The van der Waals surface area contributed by atoms with Gasteiger partial charge in [-0.3, -0.25) is 4.98 Å². The lowest BCUT2D eigenvalue weighted by atomic mass is 9.72. The Morgan fingerprint density at radius 3 is 2.52 bits per heavy atom. The van der Waals surface area contributed by atoms with Crippen LogP contribution < -0.4 is 4.90 Å². The summed E-state index contributed by atoms with van der Waals surface area (Å²) in [6.07, 6.45) is -2.56. The average molecular weight is 458 g/mol. The van der Waals surface area contributed by atoms with E-state index in [0.717, 1.165) is 22.6 Å². The zero-order valence-corrected chi connectivity index (χ0v) is 18.7. The molecular weight excluding hydrogens is 433 g/mol. The SMILES string of the molecule is Cc1cc([C@H]2CN(c3nc4nc(C)c(C)nc4c([C@H]4C[C@@H](C(F)(F)F)C4)n3)CCO2)ccn1. The summed E-state index contributed by atoms with van der Waals surface area (Å²) < 4.78 is 45.4. The maximum Gasteiger partial charge on any atom is 0.391 e. The summed E-state index contributed by atoms with van der Waals surface area (Å²) in [5.41, 5.74) is 4.89. The maximum atomic E-state index is 13.1. The fraction of sp³-hybridized carbons (Fsp3) is 0.522. The van der Waals surface area contributed by atoms with Gasteiger partial charge in [-0.05, 0) is 51.3 Å². The molecule has 174 valence electrons. The normalized spacial score (nSPS) is 23.6. The summed E-state index contributed by atoms with van der Waals surface area (Å²) >= 11 is 0. The molecule has 2 fully saturated rings. The van der Waals surface area contributed by atoms with E-state index >= 15 is 0 Å². The number of aromatic nitrogens is 5. The van der Waals surface area contributed by atoms with Gasteiger partial charge in [0.15, 0.2) is 5.65 Å². The molecule has 33 heavy (non-hydrogen) atoms. The standard InChI is InChI=1S/C23H25F3N6O/c1-12-8-15(4-5-27-12)18-11-32(6-7-33-18)22-30-19(16-9-17(10-16)23(24,25)26)20-21(31-22)29-14(3)13(2)28-20/h4-5,8,16-18H,6-7,9-11H2,1-3H3/t16-,17+,18-/m1/s1. The number of aryl methyl sites for hydroxylation is 3. The molecule has 1 aliphatic carbocycles. The van der Waals surface area contributed by atoms with E-state index in [1.54, 1.807) is 6.20 Å². The van der Waals surface area contributed by atoms with Crippen LogP contribution in [0.15, 0.2) is 18.3 Å². The summed E-state index contributed by atoms with van der Waals surface area (Å²) in [6, 6.07) is 3.92. The fourth-order valence-electron chi connectivity index (χ4n) is 4.46. The number of alkyl halides is 3. The first-order chi connectivity index (χ1) is 15.7. The molecule has 0 bridgehead atoms. The molecule has 0 N–H and O–H groups in total. The summed E-state index contributed by atoms with van der Waals surface area (Å²) in [7, 11) is 0. The van der Waals surface area contributed by atoms with E-state index in [1.165, 1.54) is 0 Å². The molecule has 1 aliphatic heterocycles. The monoisotopic (exact) mass is 458 g/mol. The zero-order valence-electron chi connectivity index (χ0n) is 18.7. The molecule has 1 saturated heterocycles. The topological polar surface area (TPSA) is 76.9 Å². The Hall–Kier alpha value is -2.88. The van der Waals surface area contributed by atoms with Crippen molar-refractivity contribution < 1.29 is 17.9 Å². The molecule has 3 aromatic rings. The molecule has 2 aliphatic rings. The minimum Gasteiger partial charge on any atom is -0.370 e. The van der Waals surface area contributed by atoms with Gasteiger partial charge in [0.25, 0.3) is 0 Å². The minimum atomic E-state index is -4.18. The van der Waals surface area contributed by atoms with Gasteiger partial charge in [0.2, 0.25) is 5.95 Å². The molecule has 4 heterocycles. The second kappa shape index (κ2) is 8.16. The second-order valence-corrected chi connectivity index (χ2v) is 8.92. The predicted octanol–water partition coefficient (Wildman–Crippen LogP) is 4.37. The van der Waals surface area contributed by atoms with Crippen molar-refractivity contribution in [3.63, 3.8) is 0 Å². The fourth-order valence-corrected chi connectivity index (χ4v) is 4.46. The third-order valence-corrected chi connectivity index (χ3v) is 6.59. The summed E-state index contributed by atoms with van der Waals surface area (Å²) in [5, 5.41) is 0. The molecule has 0 spiro atoms. The lowest BCUT2D eigenvalue weighted by molar-refractivity contribution is -0.197. The number of hydrogen-bond donors (Lipinski definition) is 0. The van der Waals surface area contributed by atoms with Gasteiger partial charge in [-0.25, -0.2) is 15.0 Å². The Balaban J connectivity index is 1.50. The first kappa shape index (κ1) is 21.9. The molecule has 0 radical (unpaired) electrons. The van der Waals surface area contributed by atoms with Gasteiger partial charge in [-0.1, -0.05) is 0 Å². The Kier molecular flexibility index (Phi) is 5.43. The van der Waals surface area contributed by atoms with Crippen molar-refractivity contribution in [2.24, 2.45) is 5.92 Å². The highest BCUT2D eigenvalue weighted by Crippen LogP contribution is 2.50. The number of pyridine rings is 1. The van der Waals surface area contributed by atoms with Crippen molar-refractivity contribution in [1.29, 1.82) is 0 Å². The van der Waals surface area contributed by atoms with Crippen LogP contribution in [0.3, 0.4) is 0 Å². The number of hydrogen-bond acceptors (Lipinski definition) is 7. The van der Waals surface area contributed by atoms with Crippen molar-refractivity contribution in [2.75, 3.05) is 24.6 Å². The molecule has 5 rings (SSSR count). The Morgan fingerprint density at radius 2 is 1.79 bits per heavy atom. The van der Waals surface area contributed by atoms with Crippen LogP contribution in [0.1, 0.15) is 53.2 Å². The zero-order chi connectivity index (χ0) is 23.3. The highest BCUT2D eigenvalue weighted by atomic mass is 19.4. The van der Waals surface area contributed by atoms with E-state index in [9.17, 15) is 13.2 Å². The van der Waals surface area contributed by atoms with Crippen molar-refractivity contribution >= 4 is 17.1 Å². The van der Waals surface area contributed by atoms with Gasteiger partial charge in [-0.15, -0.1) is 0 Å². The third-order valence-electron chi connectivity index (χ3n) is 6.59.